The van der Waals surface area contributed by atoms with Gasteiger partial charge in [0.05, 0.1) is 10.6 Å². The Morgan fingerprint density at radius 1 is 1.39 bits per heavy atom. The van der Waals surface area contributed by atoms with Gasteiger partial charge in [0.1, 0.15) is 6.07 Å². The maximum absolute atomic E-state index is 11.6. The van der Waals surface area contributed by atoms with Crippen LogP contribution >= 0.6 is 11.6 Å². The van der Waals surface area contributed by atoms with Crippen molar-refractivity contribution in [3.05, 3.63) is 28.8 Å². The molecule has 0 aliphatic carbocycles. The highest BCUT2D eigenvalue weighted by Gasteiger charge is 2.05. The number of nitrogens with two attached hydrogens (primary N) is 1. The second-order valence-electron chi connectivity index (χ2n) is 3.95. The molecule has 0 saturated carbocycles. The second kappa shape index (κ2) is 7.70. The molecule has 0 heterocycles. The number of nitrogens with one attached hydrogen (secondary N) is 1. The zero-order valence-corrected chi connectivity index (χ0v) is 10.8. The Morgan fingerprint density at radius 2 is 2.17 bits per heavy atom. The minimum absolute atomic E-state index is 0.0572. The Morgan fingerprint density at radius 3 is 2.83 bits per heavy atom. The van der Waals surface area contributed by atoms with E-state index in [1.165, 1.54) is 0 Å². The quantitative estimate of drug-likeness (QED) is 0.776. The molecule has 1 aromatic carbocycles. The number of carbonyl (C=O) groups excluding carboxylic acids is 1. The smallest absolute Gasteiger partial charge is 0.224 e. The third kappa shape index (κ3) is 4.74. The van der Waals surface area contributed by atoms with Crippen LogP contribution in [0, 0.1) is 11.3 Å². The summed E-state index contributed by atoms with van der Waals surface area (Å²) in [4.78, 5) is 11.6. The summed E-state index contributed by atoms with van der Waals surface area (Å²) in [5.74, 6) is -0.0572. The van der Waals surface area contributed by atoms with Crippen LogP contribution in [0.4, 0.5) is 5.69 Å². The van der Waals surface area contributed by atoms with Gasteiger partial charge in [0.25, 0.3) is 0 Å². The number of unbranched alkanes of at least 4 members (excludes halogenated alkanes) is 2. The van der Waals surface area contributed by atoms with E-state index < -0.39 is 0 Å². The lowest BCUT2D eigenvalue weighted by molar-refractivity contribution is -0.116. The molecule has 4 nitrogen and oxygen atoms in total. The molecule has 1 amide bonds. The van der Waals surface area contributed by atoms with Crippen molar-refractivity contribution < 1.29 is 4.79 Å². The Kier molecular flexibility index (Phi) is 6.20. The summed E-state index contributed by atoms with van der Waals surface area (Å²) in [5.41, 5.74) is 6.33. The van der Waals surface area contributed by atoms with E-state index >= 15 is 0 Å². The fourth-order valence-electron chi connectivity index (χ4n) is 1.52. The molecule has 1 aromatic rings. The first kappa shape index (κ1) is 14.5. The molecular weight excluding hydrogens is 250 g/mol. The number of hydrogen-bond acceptors (Lipinski definition) is 3. The molecule has 5 heteroatoms. The highest BCUT2D eigenvalue weighted by atomic mass is 35.5. The van der Waals surface area contributed by atoms with Gasteiger partial charge in [0.15, 0.2) is 0 Å². The Labute approximate surface area is 112 Å². The van der Waals surface area contributed by atoms with Crippen molar-refractivity contribution in [2.24, 2.45) is 5.73 Å². The standard InChI is InChI=1S/C13H16ClN3O/c14-12-6-5-11(8-10(12)9-16)17-13(18)4-2-1-3-7-15/h5-6,8H,1-4,7,15H2,(H,17,18). The fourth-order valence-corrected chi connectivity index (χ4v) is 1.68. The predicted molar refractivity (Wildman–Crippen MR) is 72.3 cm³/mol. The van der Waals surface area contributed by atoms with Gasteiger partial charge < -0.3 is 11.1 Å². The number of rotatable bonds is 6. The van der Waals surface area contributed by atoms with Gasteiger partial charge in [-0.3, -0.25) is 4.79 Å². The van der Waals surface area contributed by atoms with E-state index in [2.05, 4.69) is 5.32 Å². The highest BCUT2D eigenvalue weighted by molar-refractivity contribution is 6.31. The minimum atomic E-state index is -0.0572. The zero-order valence-electron chi connectivity index (χ0n) is 10.1. The van der Waals surface area contributed by atoms with E-state index in [9.17, 15) is 4.79 Å². The van der Waals surface area contributed by atoms with Crippen molar-refractivity contribution in [3.63, 3.8) is 0 Å². The van der Waals surface area contributed by atoms with Crippen molar-refractivity contribution in [2.75, 3.05) is 11.9 Å². The Balaban J connectivity index is 2.47. The van der Waals surface area contributed by atoms with Gasteiger partial charge >= 0.3 is 0 Å². The number of amides is 1. The highest BCUT2D eigenvalue weighted by Crippen LogP contribution is 2.19. The molecule has 0 radical (unpaired) electrons. The summed E-state index contributed by atoms with van der Waals surface area (Å²) in [6.45, 7) is 0.657. The average molecular weight is 266 g/mol. The molecule has 1 rings (SSSR count). The molecule has 96 valence electrons. The van der Waals surface area contributed by atoms with Crippen molar-refractivity contribution in [1.82, 2.24) is 0 Å². The topological polar surface area (TPSA) is 78.9 Å². The van der Waals surface area contributed by atoms with Gasteiger partial charge in [-0.2, -0.15) is 5.26 Å². The SMILES string of the molecule is N#Cc1cc(NC(=O)CCCCCN)ccc1Cl. The first-order valence-corrected chi connectivity index (χ1v) is 6.24. The van der Waals surface area contributed by atoms with Crippen LogP contribution in [0.5, 0.6) is 0 Å². The summed E-state index contributed by atoms with van der Waals surface area (Å²) < 4.78 is 0. The summed E-state index contributed by atoms with van der Waals surface area (Å²) in [7, 11) is 0. The number of hydrogen-bond donors (Lipinski definition) is 2. The monoisotopic (exact) mass is 265 g/mol. The molecule has 0 fully saturated rings. The van der Waals surface area contributed by atoms with E-state index in [-0.39, 0.29) is 5.91 Å². The normalized spacial score (nSPS) is 9.83. The Hall–Kier alpha value is -1.57. The van der Waals surface area contributed by atoms with E-state index in [0.29, 0.717) is 29.2 Å². The van der Waals surface area contributed by atoms with Crippen molar-refractivity contribution >= 4 is 23.2 Å². The van der Waals surface area contributed by atoms with E-state index in [0.717, 1.165) is 19.3 Å². The second-order valence-corrected chi connectivity index (χ2v) is 4.36. The summed E-state index contributed by atoms with van der Waals surface area (Å²) >= 11 is 5.80. The maximum Gasteiger partial charge on any atom is 0.224 e. The van der Waals surface area contributed by atoms with Gasteiger partial charge in [-0.1, -0.05) is 18.0 Å². The van der Waals surface area contributed by atoms with Crippen molar-refractivity contribution in [3.8, 4) is 6.07 Å². The number of nitriles is 1. The maximum atomic E-state index is 11.6. The first-order valence-electron chi connectivity index (χ1n) is 5.87. The Bertz CT molecular complexity index is 454. The van der Waals surface area contributed by atoms with Crippen molar-refractivity contribution in [2.45, 2.75) is 25.7 Å². The molecule has 0 aliphatic rings. The van der Waals surface area contributed by atoms with Crippen LogP contribution in [0.15, 0.2) is 18.2 Å². The third-order valence-corrected chi connectivity index (χ3v) is 2.81. The van der Waals surface area contributed by atoms with Crippen LogP contribution in [-0.2, 0) is 4.79 Å². The van der Waals surface area contributed by atoms with Crippen LogP contribution in [0.1, 0.15) is 31.2 Å². The molecule has 0 aliphatic heterocycles. The van der Waals surface area contributed by atoms with E-state index in [1.807, 2.05) is 6.07 Å². The summed E-state index contributed by atoms with van der Waals surface area (Å²) in [5, 5.41) is 11.9. The predicted octanol–water partition coefficient (Wildman–Crippen LogP) is 2.67. The minimum Gasteiger partial charge on any atom is -0.330 e. The lowest BCUT2D eigenvalue weighted by Gasteiger charge is -2.06. The molecule has 0 aromatic heterocycles. The molecule has 0 unspecified atom stereocenters. The van der Waals surface area contributed by atoms with Crippen molar-refractivity contribution in [1.29, 1.82) is 5.26 Å². The summed E-state index contributed by atoms with van der Waals surface area (Å²) in [6.07, 6.45) is 3.17. The van der Waals surface area contributed by atoms with Crippen LogP contribution < -0.4 is 11.1 Å². The lowest BCUT2D eigenvalue weighted by Crippen LogP contribution is -2.11. The first-order chi connectivity index (χ1) is 8.67. The third-order valence-electron chi connectivity index (χ3n) is 2.48. The van der Waals surface area contributed by atoms with Crippen LogP contribution in [0.2, 0.25) is 5.02 Å². The molecule has 0 atom stereocenters. The molecule has 3 N–H and O–H groups in total. The van der Waals surface area contributed by atoms with Crippen LogP contribution in [-0.4, -0.2) is 12.5 Å². The molecule has 0 bridgehead atoms. The van der Waals surface area contributed by atoms with Gasteiger partial charge in [0.2, 0.25) is 5.91 Å². The number of anilines is 1. The fraction of sp³-hybridized carbons (Fsp3) is 0.385. The summed E-state index contributed by atoms with van der Waals surface area (Å²) in [6, 6.07) is 6.82. The molecular formula is C13H16ClN3O. The number of nitrogens with zero attached hydrogens (tertiary/aromatic N) is 1. The largest absolute Gasteiger partial charge is 0.330 e. The molecule has 0 spiro atoms. The van der Waals surface area contributed by atoms with Crippen LogP contribution in [0.3, 0.4) is 0 Å². The van der Waals surface area contributed by atoms with Gasteiger partial charge in [0, 0.05) is 12.1 Å². The van der Waals surface area contributed by atoms with E-state index in [4.69, 9.17) is 22.6 Å². The van der Waals surface area contributed by atoms with E-state index in [1.54, 1.807) is 18.2 Å². The van der Waals surface area contributed by atoms with Gasteiger partial charge in [-0.15, -0.1) is 0 Å². The number of halogens is 1. The molecule has 18 heavy (non-hydrogen) atoms. The number of carbonyl (C=O) groups is 1. The molecule has 0 saturated heterocycles. The van der Waals surface area contributed by atoms with Gasteiger partial charge in [-0.05, 0) is 37.6 Å². The van der Waals surface area contributed by atoms with Crippen LogP contribution in [0.25, 0.3) is 0 Å². The number of benzene rings is 1. The zero-order chi connectivity index (χ0) is 13.4. The lowest BCUT2D eigenvalue weighted by atomic mass is 10.1. The average Bonchev–Trinajstić information content (AvgIpc) is 2.37. The van der Waals surface area contributed by atoms with Gasteiger partial charge in [-0.25, -0.2) is 0 Å².